The minimum atomic E-state index is -4.70. The molecule has 1 aliphatic heterocycles. The third-order valence-electron chi connectivity index (χ3n) is 4.52. The smallest absolute Gasteiger partial charge is 0.406 e. The summed E-state index contributed by atoms with van der Waals surface area (Å²) >= 11 is 0. The van der Waals surface area contributed by atoms with Gasteiger partial charge in [0.15, 0.2) is 0 Å². The first kappa shape index (κ1) is 18.1. The molecule has 0 atom stereocenters. The number of halogens is 4. The summed E-state index contributed by atoms with van der Waals surface area (Å²) in [6, 6.07) is 12.3. The van der Waals surface area contributed by atoms with Crippen LogP contribution in [0.1, 0.15) is 29.9 Å². The fourth-order valence-corrected chi connectivity index (χ4v) is 3.21. The number of alkyl halides is 3. The molecule has 0 saturated carbocycles. The Kier molecular flexibility index (Phi) is 5.03. The van der Waals surface area contributed by atoms with Crippen molar-refractivity contribution in [3.63, 3.8) is 0 Å². The first-order chi connectivity index (χ1) is 12.4. The lowest BCUT2D eigenvalue weighted by Gasteiger charge is -2.34. The number of ether oxygens (including phenoxy) is 1. The Labute approximate surface area is 148 Å². The van der Waals surface area contributed by atoms with Gasteiger partial charge in [0, 0.05) is 18.8 Å². The molecule has 3 rings (SSSR count). The SMILES string of the molecule is N#Cc1ccc(C2CCN(c3ccc(OC(F)(F)F)cc3)CC2)cc1F. The highest BCUT2D eigenvalue weighted by molar-refractivity contribution is 5.49. The summed E-state index contributed by atoms with van der Waals surface area (Å²) in [6.07, 6.45) is -3.10. The van der Waals surface area contributed by atoms with Crippen molar-refractivity contribution in [2.24, 2.45) is 0 Å². The van der Waals surface area contributed by atoms with Crippen molar-refractivity contribution in [1.82, 2.24) is 0 Å². The highest BCUT2D eigenvalue weighted by Crippen LogP contribution is 2.32. The first-order valence-corrected chi connectivity index (χ1v) is 8.16. The van der Waals surface area contributed by atoms with Crippen LogP contribution >= 0.6 is 0 Å². The summed E-state index contributed by atoms with van der Waals surface area (Å²) in [5.74, 6) is -0.557. The van der Waals surface area contributed by atoms with E-state index in [9.17, 15) is 17.6 Å². The molecule has 7 heteroatoms. The first-order valence-electron chi connectivity index (χ1n) is 8.16. The van der Waals surface area contributed by atoms with Crippen molar-refractivity contribution in [2.75, 3.05) is 18.0 Å². The van der Waals surface area contributed by atoms with E-state index in [2.05, 4.69) is 9.64 Å². The molecule has 3 nitrogen and oxygen atoms in total. The lowest BCUT2D eigenvalue weighted by Crippen LogP contribution is -2.32. The number of rotatable bonds is 3. The van der Waals surface area contributed by atoms with Gasteiger partial charge in [-0.1, -0.05) is 6.07 Å². The average molecular weight is 364 g/mol. The second kappa shape index (κ2) is 7.24. The van der Waals surface area contributed by atoms with Gasteiger partial charge in [0.05, 0.1) is 5.56 Å². The van der Waals surface area contributed by atoms with Gasteiger partial charge in [0.1, 0.15) is 17.6 Å². The Morgan fingerprint density at radius 2 is 1.69 bits per heavy atom. The molecule has 0 unspecified atom stereocenters. The molecule has 0 spiro atoms. The van der Waals surface area contributed by atoms with Gasteiger partial charge >= 0.3 is 6.36 Å². The van der Waals surface area contributed by atoms with Gasteiger partial charge in [-0.15, -0.1) is 13.2 Å². The zero-order valence-electron chi connectivity index (χ0n) is 13.8. The van der Waals surface area contributed by atoms with E-state index in [1.165, 1.54) is 24.3 Å². The van der Waals surface area contributed by atoms with Gasteiger partial charge in [-0.05, 0) is 60.7 Å². The Balaban J connectivity index is 1.61. The molecule has 0 bridgehead atoms. The van der Waals surface area contributed by atoms with Crippen molar-refractivity contribution in [3.05, 3.63) is 59.4 Å². The molecule has 1 aliphatic rings. The molecule has 1 heterocycles. The zero-order valence-corrected chi connectivity index (χ0v) is 13.8. The van der Waals surface area contributed by atoms with Gasteiger partial charge in [0.2, 0.25) is 0 Å². The van der Waals surface area contributed by atoms with Crippen LogP contribution in [0.15, 0.2) is 42.5 Å². The second-order valence-corrected chi connectivity index (χ2v) is 6.15. The summed E-state index contributed by atoms with van der Waals surface area (Å²) in [4.78, 5) is 2.08. The van der Waals surface area contributed by atoms with E-state index < -0.39 is 12.2 Å². The number of anilines is 1. The molecule has 0 amide bonds. The van der Waals surface area contributed by atoms with E-state index in [1.807, 2.05) is 6.07 Å². The summed E-state index contributed by atoms with van der Waals surface area (Å²) in [7, 11) is 0. The minimum Gasteiger partial charge on any atom is -0.406 e. The molecule has 136 valence electrons. The lowest BCUT2D eigenvalue weighted by molar-refractivity contribution is -0.274. The largest absolute Gasteiger partial charge is 0.573 e. The molecule has 0 N–H and O–H groups in total. The highest BCUT2D eigenvalue weighted by atomic mass is 19.4. The van der Waals surface area contributed by atoms with Crippen LogP contribution in [-0.4, -0.2) is 19.5 Å². The number of hydrogen-bond acceptors (Lipinski definition) is 3. The van der Waals surface area contributed by atoms with Gasteiger partial charge in [-0.2, -0.15) is 5.26 Å². The third-order valence-corrected chi connectivity index (χ3v) is 4.52. The standard InChI is InChI=1S/C19H16F4N2O/c20-18-11-14(1-2-15(18)12-24)13-7-9-25(10-8-13)16-3-5-17(6-4-16)26-19(21,22)23/h1-6,11,13H,7-10H2. The van der Waals surface area contributed by atoms with Crippen LogP contribution in [0.2, 0.25) is 0 Å². The predicted molar refractivity (Wildman–Crippen MR) is 88.4 cm³/mol. The van der Waals surface area contributed by atoms with E-state index >= 15 is 0 Å². The van der Waals surface area contributed by atoms with Crippen molar-refractivity contribution in [3.8, 4) is 11.8 Å². The Bertz CT molecular complexity index is 804. The van der Waals surface area contributed by atoms with Crippen molar-refractivity contribution in [2.45, 2.75) is 25.1 Å². The van der Waals surface area contributed by atoms with Crippen LogP contribution in [0.25, 0.3) is 0 Å². The van der Waals surface area contributed by atoms with E-state index in [1.54, 1.807) is 18.2 Å². The van der Waals surface area contributed by atoms with Crippen molar-refractivity contribution >= 4 is 5.69 Å². The summed E-state index contributed by atoms with van der Waals surface area (Å²) in [6.45, 7) is 1.43. The molecule has 0 aromatic heterocycles. The predicted octanol–water partition coefficient (Wildman–Crippen LogP) is 4.98. The van der Waals surface area contributed by atoms with Crippen LogP contribution in [-0.2, 0) is 0 Å². The molecular weight excluding hydrogens is 348 g/mol. The zero-order chi connectivity index (χ0) is 18.7. The molecule has 1 saturated heterocycles. The maximum atomic E-state index is 13.8. The van der Waals surface area contributed by atoms with Crippen LogP contribution in [0.4, 0.5) is 23.2 Å². The molecule has 26 heavy (non-hydrogen) atoms. The molecule has 2 aromatic rings. The van der Waals surface area contributed by atoms with E-state index in [0.29, 0.717) is 13.1 Å². The third kappa shape index (κ3) is 4.26. The van der Waals surface area contributed by atoms with E-state index in [0.717, 1.165) is 24.1 Å². The second-order valence-electron chi connectivity index (χ2n) is 6.15. The Morgan fingerprint density at radius 3 is 2.23 bits per heavy atom. The van der Waals surface area contributed by atoms with Crippen LogP contribution in [0, 0.1) is 17.1 Å². The number of piperidine rings is 1. The number of nitriles is 1. The van der Waals surface area contributed by atoms with Crippen LogP contribution in [0.5, 0.6) is 5.75 Å². The monoisotopic (exact) mass is 364 g/mol. The molecule has 0 aliphatic carbocycles. The maximum Gasteiger partial charge on any atom is 0.573 e. The maximum absolute atomic E-state index is 13.8. The summed E-state index contributed by atoms with van der Waals surface area (Å²) in [5, 5.41) is 8.79. The van der Waals surface area contributed by atoms with E-state index in [-0.39, 0.29) is 17.2 Å². The normalized spacial score (nSPS) is 15.6. The minimum absolute atomic E-state index is 0.0346. The number of benzene rings is 2. The summed E-state index contributed by atoms with van der Waals surface area (Å²) < 4.78 is 54.2. The lowest BCUT2D eigenvalue weighted by atomic mass is 9.88. The Morgan fingerprint density at radius 1 is 1.04 bits per heavy atom. The number of nitrogens with zero attached hydrogens (tertiary/aromatic N) is 2. The molecule has 2 aromatic carbocycles. The molecular formula is C19H16F4N2O. The van der Waals surface area contributed by atoms with Crippen LogP contribution < -0.4 is 9.64 Å². The van der Waals surface area contributed by atoms with Crippen LogP contribution in [0.3, 0.4) is 0 Å². The van der Waals surface area contributed by atoms with Gasteiger partial charge in [0.25, 0.3) is 0 Å². The highest BCUT2D eigenvalue weighted by Gasteiger charge is 2.31. The van der Waals surface area contributed by atoms with Gasteiger partial charge in [-0.3, -0.25) is 0 Å². The molecule has 1 fully saturated rings. The van der Waals surface area contributed by atoms with Crippen molar-refractivity contribution in [1.29, 1.82) is 5.26 Å². The average Bonchev–Trinajstić information content (AvgIpc) is 2.61. The fraction of sp³-hybridized carbons (Fsp3) is 0.316. The van der Waals surface area contributed by atoms with Crippen molar-refractivity contribution < 1.29 is 22.3 Å². The quantitative estimate of drug-likeness (QED) is 0.721. The van der Waals surface area contributed by atoms with Gasteiger partial charge in [-0.25, -0.2) is 4.39 Å². The van der Waals surface area contributed by atoms with Gasteiger partial charge < -0.3 is 9.64 Å². The fourth-order valence-electron chi connectivity index (χ4n) is 3.21. The number of hydrogen-bond donors (Lipinski definition) is 0. The Hall–Kier alpha value is -2.75. The molecule has 0 radical (unpaired) electrons. The van der Waals surface area contributed by atoms with E-state index in [4.69, 9.17) is 5.26 Å². The summed E-state index contributed by atoms with van der Waals surface area (Å²) in [5.41, 5.74) is 1.73. The topological polar surface area (TPSA) is 36.3 Å².